The van der Waals surface area contributed by atoms with Gasteiger partial charge in [0.15, 0.2) is 0 Å². The molecule has 3 aliphatic rings. The van der Waals surface area contributed by atoms with Crippen molar-refractivity contribution in [2.75, 3.05) is 68.8 Å². The summed E-state index contributed by atoms with van der Waals surface area (Å²) in [7, 11) is 0. The molecule has 5 heteroatoms. The molecule has 4 nitrogen and oxygen atoms in total. The lowest BCUT2D eigenvalue weighted by Gasteiger charge is -2.41. The Morgan fingerprint density at radius 1 is 0.857 bits per heavy atom. The van der Waals surface area contributed by atoms with Crippen molar-refractivity contribution in [2.24, 2.45) is 17.3 Å². The van der Waals surface area contributed by atoms with Crippen LogP contribution in [0.4, 0.5) is 11.4 Å². The summed E-state index contributed by atoms with van der Waals surface area (Å²) in [5.74, 6) is 2.42. The smallest absolute Gasteiger partial charge is 0.0642 e. The van der Waals surface area contributed by atoms with E-state index in [0.717, 1.165) is 38.1 Å². The molecule has 2 saturated heterocycles. The molecule has 0 spiro atoms. The first-order valence-electron chi connectivity index (χ1n) is 14.3. The van der Waals surface area contributed by atoms with Crippen molar-refractivity contribution in [3.8, 4) is 0 Å². The van der Waals surface area contributed by atoms with Gasteiger partial charge in [0.05, 0.1) is 13.2 Å². The molecule has 0 bridgehead atoms. The zero-order chi connectivity index (χ0) is 24.1. The normalized spacial score (nSPS) is 24.5. The monoisotopic (exact) mass is 505 g/mol. The van der Waals surface area contributed by atoms with Crippen LogP contribution in [0.1, 0.15) is 84.6 Å². The van der Waals surface area contributed by atoms with E-state index in [2.05, 4.69) is 67.5 Å². The van der Waals surface area contributed by atoms with Crippen molar-refractivity contribution in [1.82, 2.24) is 4.90 Å². The Hall–Kier alpha value is -0.970. The first-order chi connectivity index (χ1) is 16.4. The molecule has 2 aliphatic heterocycles. The number of ether oxygens (including phenoxy) is 1. The standard InChI is InChI=1S/C30H51N3O.ClH/c1-6-24(7-2)23-31-14-16-33(17-15-31)29-13-12-27(32-18-20-34-21-19-32)22-28(29)25-8-10-26(11-9-25)30(3,4)5;/h12-13,22,24-26H,6-11,14-21,23H2,1-5H3;1H. The number of anilines is 2. The number of morpholine rings is 1. The summed E-state index contributed by atoms with van der Waals surface area (Å²) in [6.07, 6.45) is 8.05. The van der Waals surface area contributed by atoms with Crippen LogP contribution < -0.4 is 9.80 Å². The average molecular weight is 506 g/mol. The highest BCUT2D eigenvalue weighted by molar-refractivity contribution is 5.85. The summed E-state index contributed by atoms with van der Waals surface area (Å²) in [6.45, 7) is 21.8. The van der Waals surface area contributed by atoms with Crippen LogP contribution >= 0.6 is 12.4 Å². The minimum absolute atomic E-state index is 0. The van der Waals surface area contributed by atoms with Crippen LogP contribution in [-0.2, 0) is 4.74 Å². The fraction of sp³-hybridized carbons (Fsp3) is 0.800. The highest BCUT2D eigenvalue weighted by Crippen LogP contribution is 2.46. The first kappa shape index (κ1) is 28.6. The Balaban J connectivity index is 0.00000342. The lowest BCUT2D eigenvalue weighted by molar-refractivity contribution is 0.122. The van der Waals surface area contributed by atoms with Gasteiger partial charge < -0.3 is 14.5 Å². The van der Waals surface area contributed by atoms with Crippen LogP contribution in [0.3, 0.4) is 0 Å². The van der Waals surface area contributed by atoms with Crippen molar-refractivity contribution in [2.45, 2.75) is 79.1 Å². The molecule has 3 fully saturated rings. The molecule has 4 rings (SSSR count). The zero-order valence-corrected chi connectivity index (χ0v) is 24.0. The van der Waals surface area contributed by atoms with Gasteiger partial charge in [-0.25, -0.2) is 0 Å². The van der Waals surface area contributed by atoms with Gasteiger partial charge in [-0.2, -0.15) is 0 Å². The van der Waals surface area contributed by atoms with Crippen molar-refractivity contribution >= 4 is 23.8 Å². The Kier molecular flexibility index (Phi) is 10.6. The third-order valence-electron chi connectivity index (χ3n) is 9.16. The maximum atomic E-state index is 5.63. The van der Waals surface area contributed by atoms with Crippen molar-refractivity contribution in [3.05, 3.63) is 23.8 Å². The minimum Gasteiger partial charge on any atom is -0.378 e. The van der Waals surface area contributed by atoms with Gasteiger partial charge in [-0.1, -0.05) is 47.5 Å². The van der Waals surface area contributed by atoms with Gasteiger partial charge >= 0.3 is 0 Å². The van der Waals surface area contributed by atoms with E-state index in [9.17, 15) is 0 Å². The Morgan fingerprint density at radius 2 is 1.49 bits per heavy atom. The van der Waals surface area contributed by atoms with Gasteiger partial charge in [0.2, 0.25) is 0 Å². The SMILES string of the molecule is CCC(CC)CN1CCN(c2ccc(N3CCOCC3)cc2C2CCC(C(C)(C)C)CC2)CC1.Cl. The lowest BCUT2D eigenvalue weighted by Crippen LogP contribution is -2.48. The van der Waals surface area contributed by atoms with Crippen LogP contribution in [0.5, 0.6) is 0 Å². The fourth-order valence-electron chi connectivity index (χ4n) is 6.53. The molecule has 0 amide bonds. The molecule has 1 aliphatic carbocycles. The topological polar surface area (TPSA) is 19.0 Å². The van der Waals surface area contributed by atoms with Crippen molar-refractivity contribution in [1.29, 1.82) is 0 Å². The second-order valence-electron chi connectivity index (χ2n) is 12.2. The van der Waals surface area contributed by atoms with Gasteiger partial charge in [-0.15, -0.1) is 12.4 Å². The summed E-state index contributed by atoms with van der Waals surface area (Å²) in [6, 6.07) is 7.42. The summed E-state index contributed by atoms with van der Waals surface area (Å²) in [5, 5.41) is 0. The molecule has 0 aromatic heterocycles. The van der Waals surface area contributed by atoms with Crippen LogP contribution in [0.25, 0.3) is 0 Å². The maximum absolute atomic E-state index is 5.63. The summed E-state index contributed by atoms with van der Waals surface area (Å²) < 4.78 is 5.63. The number of nitrogens with zero attached hydrogens (tertiary/aromatic N) is 3. The average Bonchev–Trinajstić information content (AvgIpc) is 2.87. The molecule has 0 N–H and O–H groups in total. The molecule has 2 heterocycles. The van der Waals surface area contributed by atoms with E-state index in [-0.39, 0.29) is 12.4 Å². The summed E-state index contributed by atoms with van der Waals surface area (Å²) in [5.41, 5.74) is 5.00. The van der Waals surface area contributed by atoms with Crippen molar-refractivity contribution < 1.29 is 4.74 Å². The van der Waals surface area contributed by atoms with Crippen LogP contribution in [0.2, 0.25) is 0 Å². The number of piperazine rings is 1. The number of benzene rings is 1. The number of halogens is 1. The first-order valence-corrected chi connectivity index (χ1v) is 14.3. The lowest BCUT2D eigenvalue weighted by atomic mass is 9.68. The molecule has 1 aromatic rings. The van der Waals surface area contributed by atoms with E-state index < -0.39 is 0 Å². The van der Waals surface area contributed by atoms with E-state index in [1.807, 2.05) is 0 Å². The fourth-order valence-corrected chi connectivity index (χ4v) is 6.53. The number of rotatable bonds is 7. The van der Waals surface area contributed by atoms with E-state index in [4.69, 9.17) is 4.74 Å². The predicted molar refractivity (Wildman–Crippen MR) is 154 cm³/mol. The molecule has 35 heavy (non-hydrogen) atoms. The summed E-state index contributed by atoms with van der Waals surface area (Å²) >= 11 is 0. The van der Waals surface area contributed by atoms with Gasteiger partial charge in [0, 0.05) is 57.2 Å². The van der Waals surface area contributed by atoms with Crippen LogP contribution in [0, 0.1) is 17.3 Å². The molecule has 1 aromatic carbocycles. The second kappa shape index (κ2) is 13.0. The van der Waals surface area contributed by atoms with Crippen molar-refractivity contribution in [3.63, 3.8) is 0 Å². The van der Waals surface area contributed by atoms with Gasteiger partial charge in [-0.3, -0.25) is 4.90 Å². The van der Waals surface area contributed by atoms with E-state index in [1.54, 1.807) is 5.56 Å². The Labute approximate surface area is 222 Å². The van der Waals surface area contributed by atoms with E-state index >= 15 is 0 Å². The number of hydrogen-bond acceptors (Lipinski definition) is 4. The maximum Gasteiger partial charge on any atom is 0.0642 e. The third-order valence-corrected chi connectivity index (χ3v) is 9.16. The third kappa shape index (κ3) is 7.29. The van der Waals surface area contributed by atoms with E-state index in [0.29, 0.717) is 11.3 Å². The molecule has 0 unspecified atom stereocenters. The summed E-state index contributed by atoms with van der Waals surface area (Å²) in [4.78, 5) is 7.95. The van der Waals surface area contributed by atoms with Crippen LogP contribution in [-0.4, -0.2) is 63.9 Å². The molecular formula is C30H52ClN3O. The highest BCUT2D eigenvalue weighted by Gasteiger charge is 2.32. The van der Waals surface area contributed by atoms with Crippen LogP contribution in [0.15, 0.2) is 18.2 Å². The number of hydrogen-bond donors (Lipinski definition) is 0. The van der Waals surface area contributed by atoms with Gasteiger partial charge in [-0.05, 0) is 72.6 Å². The minimum atomic E-state index is 0. The van der Waals surface area contributed by atoms with Gasteiger partial charge in [0.25, 0.3) is 0 Å². The largest absolute Gasteiger partial charge is 0.378 e. The molecule has 1 saturated carbocycles. The molecular weight excluding hydrogens is 454 g/mol. The van der Waals surface area contributed by atoms with Gasteiger partial charge in [0.1, 0.15) is 0 Å². The Bertz CT molecular complexity index is 753. The quantitative estimate of drug-likeness (QED) is 0.404. The Morgan fingerprint density at radius 3 is 2.06 bits per heavy atom. The van der Waals surface area contributed by atoms with E-state index in [1.165, 1.54) is 82.6 Å². The molecule has 200 valence electrons. The zero-order valence-electron chi connectivity index (χ0n) is 23.2. The molecule has 0 atom stereocenters. The highest BCUT2D eigenvalue weighted by atomic mass is 35.5. The molecule has 0 radical (unpaired) electrons. The second-order valence-corrected chi connectivity index (χ2v) is 12.2. The predicted octanol–water partition coefficient (Wildman–Crippen LogP) is 6.82.